The third kappa shape index (κ3) is 4.73. The summed E-state index contributed by atoms with van der Waals surface area (Å²) >= 11 is 12.5. The van der Waals surface area contributed by atoms with Gasteiger partial charge in [-0.25, -0.2) is 0 Å². The fourth-order valence-corrected chi connectivity index (χ4v) is 5.24. The van der Waals surface area contributed by atoms with E-state index in [1.165, 1.54) is 0 Å². The summed E-state index contributed by atoms with van der Waals surface area (Å²) in [5.41, 5.74) is 1.36. The number of likely N-dealkylation sites (tertiary alicyclic amines) is 1. The highest BCUT2D eigenvalue weighted by atomic mass is 35.5. The van der Waals surface area contributed by atoms with Crippen molar-refractivity contribution in [3.05, 3.63) is 82.4 Å². The molecular formula is C26H29Cl2NO2. The molecule has 1 fully saturated rings. The minimum Gasteiger partial charge on any atom is -0.325 e. The lowest BCUT2D eigenvalue weighted by Crippen LogP contribution is -2.57. The number of amides is 1. The predicted octanol–water partition coefficient (Wildman–Crippen LogP) is 7.00. The molecule has 1 aliphatic heterocycles. The van der Waals surface area contributed by atoms with Crippen molar-refractivity contribution in [1.82, 2.24) is 4.90 Å². The van der Waals surface area contributed by atoms with Crippen molar-refractivity contribution in [2.75, 3.05) is 0 Å². The van der Waals surface area contributed by atoms with Gasteiger partial charge >= 0.3 is 0 Å². The van der Waals surface area contributed by atoms with Crippen LogP contribution in [0.4, 0.5) is 0 Å². The highest BCUT2D eigenvalue weighted by Gasteiger charge is 2.51. The van der Waals surface area contributed by atoms with Gasteiger partial charge < -0.3 is 4.90 Å². The first-order chi connectivity index (χ1) is 14.7. The molecule has 0 bridgehead atoms. The maximum atomic E-state index is 13.9. The van der Waals surface area contributed by atoms with Crippen LogP contribution in [0.1, 0.15) is 63.1 Å². The average Bonchev–Trinajstić information content (AvgIpc) is 2.72. The highest BCUT2D eigenvalue weighted by Crippen LogP contribution is 2.52. The van der Waals surface area contributed by atoms with Crippen molar-refractivity contribution >= 4 is 34.9 Å². The van der Waals surface area contributed by atoms with Gasteiger partial charge in [-0.1, -0.05) is 67.4 Å². The molecule has 0 radical (unpaired) electrons. The fraction of sp³-hybridized carbons (Fsp3) is 0.385. The number of benzene rings is 2. The molecule has 1 heterocycles. The number of Topliss-reactive ketones (excluding diaryl/α,β-unsaturated/α-hetero) is 1. The van der Waals surface area contributed by atoms with E-state index in [9.17, 15) is 9.59 Å². The topological polar surface area (TPSA) is 37.4 Å². The monoisotopic (exact) mass is 457 g/mol. The molecule has 0 unspecified atom stereocenters. The second-order valence-electron chi connectivity index (χ2n) is 8.66. The van der Waals surface area contributed by atoms with Gasteiger partial charge in [-0.05, 0) is 61.6 Å². The molecule has 0 aromatic heterocycles. The number of piperidine rings is 1. The second kappa shape index (κ2) is 9.58. The van der Waals surface area contributed by atoms with Crippen molar-refractivity contribution in [1.29, 1.82) is 0 Å². The summed E-state index contributed by atoms with van der Waals surface area (Å²) in [4.78, 5) is 28.4. The van der Waals surface area contributed by atoms with Crippen molar-refractivity contribution in [2.45, 2.75) is 58.0 Å². The Labute approximate surface area is 195 Å². The predicted molar refractivity (Wildman–Crippen MR) is 128 cm³/mol. The number of allylic oxidation sites excluding steroid dienone is 1. The number of carbonyl (C=O) groups excluding carboxylic acids is 2. The van der Waals surface area contributed by atoms with Gasteiger partial charge in [0.1, 0.15) is 0 Å². The van der Waals surface area contributed by atoms with Crippen molar-refractivity contribution in [3.8, 4) is 0 Å². The number of ketones is 1. The van der Waals surface area contributed by atoms with E-state index in [0.29, 0.717) is 29.3 Å². The number of carbonyl (C=O) groups is 2. The average molecular weight is 458 g/mol. The molecule has 3 nitrogen and oxygen atoms in total. The Morgan fingerprint density at radius 3 is 2.42 bits per heavy atom. The lowest BCUT2D eigenvalue weighted by Gasteiger charge is -2.51. The zero-order chi connectivity index (χ0) is 22.8. The Morgan fingerprint density at radius 2 is 1.87 bits per heavy atom. The van der Waals surface area contributed by atoms with Crippen LogP contribution in [0, 0.1) is 5.41 Å². The molecule has 3 rings (SSSR count). The maximum absolute atomic E-state index is 13.9. The van der Waals surface area contributed by atoms with Crippen LogP contribution in [0.2, 0.25) is 10.0 Å². The molecule has 0 aliphatic carbocycles. The lowest BCUT2D eigenvalue weighted by atomic mass is 9.67. The van der Waals surface area contributed by atoms with E-state index in [-0.39, 0.29) is 23.7 Å². The molecule has 5 heteroatoms. The molecule has 2 aromatic carbocycles. The van der Waals surface area contributed by atoms with Crippen LogP contribution in [0.25, 0.3) is 0 Å². The summed E-state index contributed by atoms with van der Waals surface area (Å²) in [6.07, 6.45) is 3.53. The number of hydrogen-bond donors (Lipinski definition) is 0. The van der Waals surface area contributed by atoms with Gasteiger partial charge in [-0.3, -0.25) is 9.59 Å². The minimum absolute atomic E-state index is 0.00678. The Hall–Kier alpha value is -2.10. The van der Waals surface area contributed by atoms with E-state index in [2.05, 4.69) is 12.6 Å². The summed E-state index contributed by atoms with van der Waals surface area (Å²) < 4.78 is 0. The Balaban J connectivity index is 2.25. The molecule has 164 valence electrons. The van der Waals surface area contributed by atoms with Crippen molar-refractivity contribution in [2.24, 2.45) is 5.41 Å². The third-order valence-electron chi connectivity index (χ3n) is 6.38. The fourth-order valence-electron chi connectivity index (χ4n) is 4.91. The molecule has 1 aliphatic rings. The maximum Gasteiger partial charge on any atom is 0.229 e. The Bertz CT molecular complexity index is 972. The molecule has 4 atom stereocenters. The second-order valence-corrected chi connectivity index (χ2v) is 9.54. The number of hydrogen-bond acceptors (Lipinski definition) is 2. The summed E-state index contributed by atoms with van der Waals surface area (Å²) in [6.45, 7) is 9.38. The van der Waals surface area contributed by atoms with Crippen LogP contribution < -0.4 is 0 Å². The molecule has 31 heavy (non-hydrogen) atoms. The van der Waals surface area contributed by atoms with Gasteiger partial charge in [-0.15, -0.1) is 6.58 Å². The van der Waals surface area contributed by atoms with Crippen LogP contribution in [0.3, 0.4) is 0 Å². The van der Waals surface area contributed by atoms with Gasteiger partial charge in [-0.2, -0.15) is 0 Å². The standard InChI is InChI=1S/C26H29Cl2NO2/c1-5-14-26(4)16-22(19-8-7-9-21(28)15-19)24(18-10-12-20(27)13-11-18)29(25(26)31)23(6-2)17(3)30/h5,7-13,15,22-24H,1,6,14,16H2,2-4H3/t22-,23+,24-,26+/m1/s1. The van der Waals surface area contributed by atoms with Crippen LogP contribution in [-0.4, -0.2) is 22.6 Å². The first-order valence-corrected chi connectivity index (χ1v) is 11.4. The summed E-state index contributed by atoms with van der Waals surface area (Å²) in [5, 5.41) is 1.28. The van der Waals surface area contributed by atoms with Crippen LogP contribution >= 0.6 is 23.2 Å². The molecule has 1 amide bonds. The van der Waals surface area contributed by atoms with Crippen LogP contribution in [-0.2, 0) is 9.59 Å². The zero-order valence-electron chi connectivity index (χ0n) is 18.3. The van der Waals surface area contributed by atoms with E-state index in [0.717, 1.165) is 11.1 Å². The summed E-state index contributed by atoms with van der Waals surface area (Å²) in [6, 6.07) is 14.6. The molecular weight excluding hydrogens is 429 g/mol. The SMILES string of the molecule is C=CC[C@@]1(C)C[C@H](c2cccc(Cl)c2)[C@@H](c2ccc(Cl)cc2)N([C@@H](CC)C(C)=O)C1=O. The first kappa shape index (κ1) is 23.6. The normalized spacial score (nSPS) is 24.7. The van der Waals surface area contributed by atoms with Gasteiger partial charge in [0.2, 0.25) is 5.91 Å². The van der Waals surface area contributed by atoms with E-state index >= 15 is 0 Å². The lowest BCUT2D eigenvalue weighted by molar-refractivity contribution is -0.157. The third-order valence-corrected chi connectivity index (χ3v) is 6.86. The zero-order valence-corrected chi connectivity index (χ0v) is 19.8. The van der Waals surface area contributed by atoms with E-state index < -0.39 is 11.5 Å². The van der Waals surface area contributed by atoms with Crippen molar-refractivity contribution < 1.29 is 9.59 Å². The molecule has 0 saturated carbocycles. The number of halogens is 2. The quantitative estimate of drug-likeness (QED) is 0.419. The molecule has 0 spiro atoms. The van der Waals surface area contributed by atoms with E-state index in [1.807, 2.05) is 61.2 Å². The van der Waals surface area contributed by atoms with Crippen molar-refractivity contribution in [3.63, 3.8) is 0 Å². The molecule has 2 aromatic rings. The van der Waals surface area contributed by atoms with Gasteiger partial charge in [0.25, 0.3) is 0 Å². The Morgan fingerprint density at radius 1 is 1.19 bits per heavy atom. The van der Waals surface area contributed by atoms with E-state index in [4.69, 9.17) is 23.2 Å². The van der Waals surface area contributed by atoms with Crippen LogP contribution in [0.5, 0.6) is 0 Å². The van der Waals surface area contributed by atoms with Gasteiger partial charge in [0.15, 0.2) is 5.78 Å². The first-order valence-electron chi connectivity index (χ1n) is 10.7. The van der Waals surface area contributed by atoms with Crippen LogP contribution in [0.15, 0.2) is 61.2 Å². The number of nitrogens with zero attached hydrogens (tertiary/aromatic N) is 1. The largest absolute Gasteiger partial charge is 0.325 e. The number of rotatable bonds is 7. The minimum atomic E-state index is -0.652. The summed E-state index contributed by atoms with van der Waals surface area (Å²) in [5.74, 6) is -0.0499. The smallest absolute Gasteiger partial charge is 0.229 e. The molecule has 1 saturated heterocycles. The Kier molecular flexibility index (Phi) is 7.28. The van der Waals surface area contributed by atoms with Gasteiger partial charge in [0.05, 0.1) is 17.5 Å². The van der Waals surface area contributed by atoms with Gasteiger partial charge in [0, 0.05) is 16.0 Å². The highest BCUT2D eigenvalue weighted by molar-refractivity contribution is 6.30. The summed E-state index contributed by atoms with van der Waals surface area (Å²) in [7, 11) is 0. The molecule has 0 N–H and O–H groups in total. The van der Waals surface area contributed by atoms with E-state index in [1.54, 1.807) is 13.0 Å².